The fourth-order valence-corrected chi connectivity index (χ4v) is 6.99. The Morgan fingerprint density at radius 3 is 1.46 bits per heavy atom. The van der Waals surface area contributed by atoms with E-state index in [1.54, 1.807) is 31.2 Å². The van der Waals surface area contributed by atoms with Crippen molar-refractivity contribution in [3.05, 3.63) is 107 Å². The van der Waals surface area contributed by atoms with Gasteiger partial charge in [-0.3, -0.25) is 28.5 Å². The zero-order valence-corrected chi connectivity index (χ0v) is 33.7. The lowest BCUT2D eigenvalue weighted by Crippen LogP contribution is -2.50. The molecule has 0 aliphatic rings. The minimum atomic E-state index is -4.27. The summed E-state index contributed by atoms with van der Waals surface area (Å²) in [6.07, 6.45) is 4.64. The number of unbranched alkanes of at least 4 members (excludes halogenated alkanes) is 2. The number of primary amides is 1. The summed E-state index contributed by atoms with van der Waals surface area (Å²) >= 11 is 0. The Balaban J connectivity index is 1.86. The van der Waals surface area contributed by atoms with Crippen LogP contribution in [-0.4, -0.2) is 105 Å². The SMILES string of the molecule is CCCCCC(=O)N(CC(=O)N(CCCc1ccccc1)CC(=O)N(CCCc1ccccc1)CC(=O)N(CC)CC(N)=O)Cc1ccc(CP(=O)(O)O)cc1. The van der Waals surface area contributed by atoms with E-state index in [9.17, 15) is 38.3 Å². The van der Waals surface area contributed by atoms with Crippen molar-refractivity contribution in [2.45, 2.75) is 77.9 Å². The van der Waals surface area contributed by atoms with Crippen molar-refractivity contribution in [2.24, 2.45) is 5.73 Å². The van der Waals surface area contributed by atoms with Crippen LogP contribution >= 0.6 is 7.60 Å². The molecule has 0 saturated carbocycles. The standard InChI is InChI=1S/C42H58N5O8P/c1-3-5-8-21-39(49)47(28-36-22-24-37(25-23-36)33-56(53,54)55)32-42(52)46(27-14-20-35-17-11-7-12-18-35)31-41(51)45(26-13-19-34-15-9-6-10-16-34)30-40(50)44(4-2)29-38(43)48/h6-7,9-12,15-18,22-25H,3-5,8,13-14,19-21,26-33H2,1-2H3,(H2,43,48)(H2,53,54,55). The Kier molecular flexibility index (Phi) is 19.5. The van der Waals surface area contributed by atoms with E-state index in [0.29, 0.717) is 43.2 Å². The highest BCUT2D eigenvalue weighted by molar-refractivity contribution is 7.50. The smallest absolute Gasteiger partial charge is 0.329 e. The number of likely N-dealkylation sites (N-methyl/N-ethyl adjacent to an activating group) is 1. The van der Waals surface area contributed by atoms with Gasteiger partial charge in [-0.1, -0.05) is 105 Å². The molecular formula is C42H58N5O8P. The van der Waals surface area contributed by atoms with Crippen molar-refractivity contribution in [3.63, 3.8) is 0 Å². The Bertz CT molecular complexity index is 1740. The number of hydrogen-bond donors (Lipinski definition) is 3. The molecule has 0 unspecified atom stereocenters. The molecule has 0 aliphatic carbocycles. The van der Waals surface area contributed by atoms with Gasteiger partial charge in [-0.05, 0) is 61.3 Å². The van der Waals surface area contributed by atoms with Crippen LogP contribution in [0.1, 0.15) is 74.6 Å². The van der Waals surface area contributed by atoms with Crippen LogP contribution in [0.3, 0.4) is 0 Å². The van der Waals surface area contributed by atoms with Gasteiger partial charge in [0, 0.05) is 32.6 Å². The number of carbonyl (C=O) groups is 5. The number of nitrogens with two attached hydrogens (primary N) is 1. The monoisotopic (exact) mass is 791 g/mol. The minimum absolute atomic E-state index is 0.0888. The third-order valence-electron chi connectivity index (χ3n) is 9.37. The largest absolute Gasteiger partial charge is 0.368 e. The zero-order valence-electron chi connectivity index (χ0n) is 32.8. The molecule has 0 radical (unpaired) electrons. The van der Waals surface area contributed by atoms with Crippen molar-refractivity contribution in [3.8, 4) is 0 Å². The predicted molar refractivity (Wildman–Crippen MR) is 216 cm³/mol. The lowest BCUT2D eigenvalue weighted by molar-refractivity contribution is -0.146. The molecule has 3 aromatic rings. The molecule has 0 fully saturated rings. The number of aryl methyl sites for hydroxylation is 2. The Morgan fingerprint density at radius 1 is 0.554 bits per heavy atom. The summed E-state index contributed by atoms with van der Waals surface area (Å²) in [5, 5.41) is 0. The molecule has 13 nitrogen and oxygen atoms in total. The van der Waals surface area contributed by atoms with Crippen molar-refractivity contribution >= 4 is 37.1 Å². The molecule has 3 aromatic carbocycles. The maximum absolute atomic E-state index is 14.2. The molecule has 0 spiro atoms. The molecule has 4 N–H and O–H groups in total. The van der Waals surface area contributed by atoms with E-state index in [-0.39, 0.29) is 64.7 Å². The van der Waals surface area contributed by atoms with Gasteiger partial charge in [-0.25, -0.2) is 0 Å². The van der Waals surface area contributed by atoms with E-state index in [1.165, 1.54) is 19.6 Å². The first-order valence-electron chi connectivity index (χ1n) is 19.4. The number of hydrogen-bond acceptors (Lipinski definition) is 6. The molecule has 0 aromatic heterocycles. The molecular weight excluding hydrogens is 733 g/mol. The zero-order chi connectivity index (χ0) is 40.9. The average molecular weight is 792 g/mol. The van der Waals surface area contributed by atoms with Crippen molar-refractivity contribution in [1.82, 2.24) is 19.6 Å². The van der Waals surface area contributed by atoms with Crippen molar-refractivity contribution in [1.29, 1.82) is 0 Å². The molecule has 0 aliphatic heterocycles. The molecule has 0 atom stereocenters. The van der Waals surface area contributed by atoms with E-state index >= 15 is 0 Å². The number of carbonyl (C=O) groups excluding carboxylic acids is 5. The molecule has 56 heavy (non-hydrogen) atoms. The summed E-state index contributed by atoms with van der Waals surface area (Å²) in [5.41, 5.74) is 8.67. The van der Waals surface area contributed by atoms with Gasteiger partial charge in [0.05, 0.1) is 25.8 Å². The molecule has 0 bridgehead atoms. The van der Waals surface area contributed by atoms with Gasteiger partial charge < -0.3 is 35.1 Å². The van der Waals surface area contributed by atoms with Crippen LogP contribution in [0.5, 0.6) is 0 Å². The van der Waals surface area contributed by atoms with E-state index in [1.807, 2.05) is 67.6 Å². The summed E-state index contributed by atoms with van der Waals surface area (Å²) in [6, 6.07) is 26.1. The van der Waals surface area contributed by atoms with Crippen LogP contribution in [0, 0.1) is 0 Å². The van der Waals surface area contributed by atoms with Gasteiger partial charge in [0.2, 0.25) is 29.5 Å². The molecule has 0 heterocycles. The molecule has 304 valence electrons. The van der Waals surface area contributed by atoms with Gasteiger partial charge in [0.1, 0.15) is 6.54 Å². The predicted octanol–water partition coefficient (Wildman–Crippen LogP) is 4.53. The second kappa shape index (κ2) is 23.9. The van der Waals surface area contributed by atoms with E-state index in [4.69, 9.17) is 5.73 Å². The van der Waals surface area contributed by atoms with Gasteiger partial charge >= 0.3 is 7.60 Å². The van der Waals surface area contributed by atoms with Gasteiger partial charge in [0.25, 0.3) is 0 Å². The fraction of sp³-hybridized carbons (Fsp3) is 0.452. The summed E-state index contributed by atoms with van der Waals surface area (Å²) < 4.78 is 11.5. The maximum Gasteiger partial charge on any atom is 0.329 e. The highest BCUT2D eigenvalue weighted by atomic mass is 31.2. The second-order valence-electron chi connectivity index (χ2n) is 14.0. The quantitative estimate of drug-likeness (QED) is 0.0827. The van der Waals surface area contributed by atoms with Crippen molar-refractivity contribution < 1.29 is 38.3 Å². The summed E-state index contributed by atoms with van der Waals surface area (Å²) in [4.78, 5) is 91.4. The normalized spacial score (nSPS) is 11.1. The van der Waals surface area contributed by atoms with Crippen LogP contribution in [0.15, 0.2) is 84.9 Å². The highest BCUT2D eigenvalue weighted by Crippen LogP contribution is 2.39. The highest BCUT2D eigenvalue weighted by Gasteiger charge is 2.27. The topological polar surface area (TPSA) is 182 Å². The van der Waals surface area contributed by atoms with Crippen LogP contribution in [0.2, 0.25) is 0 Å². The average Bonchev–Trinajstić information content (AvgIpc) is 3.16. The first kappa shape index (κ1) is 45.5. The van der Waals surface area contributed by atoms with Crippen molar-refractivity contribution in [2.75, 3.05) is 45.8 Å². The summed E-state index contributed by atoms with van der Waals surface area (Å²) in [6.45, 7) is 3.36. The Hall–Kier alpha value is -4.84. The Morgan fingerprint density at radius 2 is 1.02 bits per heavy atom. The third-order valence-corrected chi connectivity index (χ3v) is 10.1. The first-order chi connectivity index (χ1) is 26.8. The first-order valence-corrected chi connectivity index (χ1v) is 21.2. The number of rotatable bonds is 25. The molecule has 5 amide bonds. The fourth-order valence-electron chi connectivity index (χ4n) is 6.30. The molecule has 0 saturated heterocycles. The van der Waals surface area contributed by atoms with E-state index < -0.39 is 37.4 Å². The van der Waals surface area contributed by atoms with Crippen LogP contribution in [0.4, 0.5) is 0 Å². The second-order valence-corrected chi connectivity index (χ2v) is 15.7. The Labute approximate surface area is 331 Å². The number of benzene rings is 3. The summed E-state index contributed by atoms with van der Waals surface area (Å²) in [5.74, 6) is -2.17. The number of nitrogens with zero attached hydrogens (tertiary/aromatic N) is 4. The molecule has 3 rings (SSSR count). The van der Waals surface area contributed by atoms with Crippen LogP contribution in [-0.2, 0) is 54.1 Å². The molecule has 14 heteroatoms. The lowest BCUT2D eigenvalue weighted by Gasteiger charge is -2.31. The summed E-state index contributed by atoms with van der Waals surface area (Å²) in [7, 11) is -4.27. The lowest BCUT2D eigenvalue weighted by atomic mass is 10.1. The third kappa shape index (κ3) is 17.3. The van der Waals surface area contributed by atoms with Gasteiger partial charge in [-0.2, -0.15) is 0 Å². The van der Waals surface area contributed by atoms with E-state index in [0.717, 1.165) is 24.0 Å². The van der Waals surface area contributed by atoms with Gasteiger partial charge in [-0.15, -0.1) is 0 Å². The minimum Gasteiger partial charge on any atom is -0.368 e. The van der Waals surface area contributed by atoms with Crippen LogP contribution in [0.25, 0.3) is 0 Å². The van der Waals surface area contributed by atoms with Crippen LogP contribution < -0.4 is 5.73 Å². The van der Waals surface area contributed by atoms with Gasteiger partial charge in [0.15, 0.2) is 0 Å². The number of amides is 5. The maximum atomic E-state index is 14.2. The van der Waals surface area contributed by atoms with E-state index in [2.05, 4.69) is 0 Å².